The van der Waals surface area contributed by atoms with Crippen molar-refractivity contribution in [3.63, 3.8) is 0 Å². The minimum atomic E-state index is -3.10. The summed E-state index contributed by atoms with van der Waals surface area (Å²) in [4.78, 5) is 0. The van der Waals surface area contributed by atoms with Crippen LogP contribution in [0, 0.1) is 0 Å². The van der Waals surface area contributed by atoms with Crippen LogP contribution in [-0.4, -0.2) is 20.4 Å². The van der Waals surface area contributed by atoms with Gasteiger partial charge in [0, 0.05) is 6.26 Å². The second-order valence-corrected chi connectivity index (χ2v) is 6.76. The van der Waals surface area contributed by atoms with Crippen molar-refractivity contribution in [3.05, 3.63) is 33.8 Å². The smallest absolute Gasteiger partial charge is 0.149 e. The Bertz CT molecular complexity index is 456. The molecule has 84 valence electrons. The fourth-order valence-electron chi connectivity index (χ4n) is 1.07. The van der Waals surface area contributed by atoms with E-state index in [2.05, 4.69) is 0 Å². The number of hydrogen-bond acceptors (Lipinski definition) is 2. The quantitative estimate of drug-likeness (QED) is 0.799. The number of hydrogen-bond donors (Lipinski definition) is 0. The van der Waals surface area contributed by atoms with Gasteiger partial charge >= 0.3 is 0 Å². The second kappa shape index (κ2) is 4.91. The van der Waals surface area contributed by atoms with Crippen LogP contribution in [0.2, 0.25) is 10.0 Å². The van der Waals surface area contributed by atoms with E-state index >= 15 is 0 Å². The lowest BCUT2D eigenvalue weighted by molar-refractivity contribution is 0.600. The molecule has 0 aliphatic heterocycles. The van der Waals surface area contributed by atoms with Gasteiger partial charge in [0.2, 0.25) is 0 Å². The third-order valence-corrected chi connectivity index (χ3v) is 4.02. The molecule has 0 saturated heterocycles. The molecular formula is C9H9Cl3O2S. The van der Waals surface area contributed by atoms with Gasteiger partial charge in [-0.3, -0.25) is 0 Å². The number of benzene rings is 1. The van der Waals surface area contributed by atoms with Crippen molar-refractivity contribution in [2.24, 2.45) is 0 Å². The molecule has 0 saturated carbocycles. The number of rotatable bonds is 3. The first-order chi connectivity index (χ1) is 6.79. The molecule has 1 aromatic carbocycles. The summed E-state index contributed by atoms with van der Waals surface area (Å²) in [5, 5.41) is 0.187. The minimum absolute atomic E-state index is 0.119. The van der Waals surface area contributed by atoms with E-state index in [1.807, 2.05) is 0 Å². The van der Waals surface area contributed by atoms with Gasteiger partial charge in [0.1, 0.15) is 9.84 Å². The summed E-state index contributed by atoms with van der Waals surface area (Å²) in [6, 6.07) is 4.83. The Morgan fingerprint density at radius 3 is 2.33 bits per heavy atom. The molecule has 6 heteroatoms. The molecule has 0 amide bonds. The molecule has 0 heterocycles. The normalized spacial score (nSPS) is 13.9. The maximum atomic E-state index is 11.0. The van der Waals surface area contributed by atoms with Crippen molar-refractivity contribution in [3.8, 4) is 0 Å². The van der Waals surface area contributed by atoms with Gasteiger partial charge < -0.3 is 0 Å². The van der Waals surface area contributed by atoms with Crippen LogP contribution in [0.25, 0.3) is 0 Å². The SMILES string of the molecule is CS(=O)(=O)CC(Cl)c1ccc(Cl)c(Cl)c1. The van der Waals surface area contributed by atoms with Crippen molar-refractivity contribution < 1.29 is 8.42 Å². The highest BCUT2D eigenvalue weighted by atomic mass is 35.5. The molecule has 15 heavy (non-hydrogen) atoms. The van der Waals surface area contributed by atoms with Crippen molar-refractivity contribution in [1.82, 2.24) is 0 Å². The summed E-state index contributed by atoms with van der Waals surface area (Å²) < 4.78 is 22.0. The van der Waals surface area contributed by atoms with Crippen molar-refractivity contribution in [1.29, 1.82) is 0 Å². The lowest BCUT2D eigenvalue weighted by atomic mass is 10.2. The average molecular weight is 288 g/mol. The summed E-state index contributed by atoms with van der Waals surface area (Å²) in [5.41, 5.74) is 0.650. The van der Waals surface area contributed by atoms with Gasteiger partial charge in [-0.05, 0) is 17.7 Å². The molecule has 0 radical (unpaired) electrons. The lowest BCUT2D eigenvalue weighted by Gasteiger charge is -2.09. The first kappa shape index (κ1) is 13.1. The van der Waals surface area contributed by atoms with E-state index in [1.165, 1.54) is 0 Å². The van der Waals surface area contributed by atoms with Crippen LogP contribution in [-0.2, 0) is 9.84 Å². The standard InChI is InChI=1S/C9H9Cl3O2S/c1-15(13,14)5-9(12)6-2-3-7(10)8(11)4-6/h2-4,9H,5H2,1H3. The Morgan fingerprint density at radius 2 is 1.87 bits per heavy atom. The molecular weight excluding hydrogens is 279 g/mol. The van der Waals surface area contributed by atoms with E-state index in [0.717, 1.165) is 6.26 Å². The van der Waals surface area contributed by atoms with Crippen LogP contribution in [0.5, 0.6) is 0 Å². The largest absolute Gasteiger partial charge is 0.229 e. The first-order valence-electron chi connectivity index (χ1n) is 4.06. The lowest BCUT2D eigenvalue weighted by Crippen LogP contribution is -2.08. The monoisotopic (exact) mass is 286 g/mol. The Hall–Kier alpha value is 0.0400. The number of halogens is 3. The summed E-state index contributed by atoms with van der Waals surface area (Å²) in [5.74, 6) is -0.119. The van der Waals surface area contributed by atoms with Crippen molar-refractivity contribution >= 4 is 44.6 Å². The molecule has 0 fully saturated rings. The van der Waals surface area contributed by atoms with Crippen LogP contribution in [0.15, 0.2) is 18.2 Å². The number of sulfone groups is 1. The highest BCUT2D eigenvalue weighted by Crippen LogP contribution is 2.29. The molecule has 2 nitrogen and oxygen atoms in total. The van der Waals surface area contributed by atoms with E-state index in [1.54, 1.807) is 18.2 Å². The van der Waals surface area contributed by atoms with Crippen LogP contribution < -0.4 is 0 Å². The predicted molar refractivity (Wildman–Crippen MR) is 64.8 cm³/mol. The Morgan fingerprint density at radius 1 is 1.27 bits per heavy atom. The topological polar surface area (TPSA) is 34.1 Å². The first-order valence-corrected chi connectivity index (χ1v) is 7.31. The van der Waals surface area contributed by atoms with Crippen LogP contribution in [0.4, 0.5) is 0 Å². The molecule has 1 aromatic rings. The van der Waals surface area contributed by atoms with E-state index in [4.69, 9.17) is 34.8 Å². The molecule has 0 aliphatic rings. The zero-order valence-corrected chi connectivity index (χ0v) is 11.0. The van der Waals surface area contributed by atoms with Gasteiger partial charge in [-0.25, -0.2) is 8.42 Å². The molecule has 1 atom stereocenters. The molecule has 0 aliphatic carbocycles. The van der Waals surface area contributed by atoms with E-state index < -0.39 is 15.2 Å². The summed E-state index contributed by atoms with van der Waals surface area (Å²) in [6.45, 7) is 0. The predicted octanol–water partition coefficient (Wildman–Crippen LogP) is 3.32. The molecule has 0 N–H and O–H groups in total. The van der Waals surface area contributed by atoms with Gasteiger partial charge in [0.25, 0.3) is 0 Å². The minimum Gasteiger partial charge on any atom is -0.229 e. The van der Waals surface area contributed by atoms with Crippen LogP contribution in [0.3, 0.4) is 0 Å². The van der Waals surface area contributed by atoms with Crippen molar-refractivity contribution in [2.45, 2.75) is 5.38 Å². The molecule has 1 rings (SSSR count). The van der Waals surface area contributed by atoms with E-state index in [-0.39, 0.29) is 5.75 Å². The molecule has 0 spiro atoms. The maximum absolute atomic E-state index is 11.0. The second-order valence-electron chi connectivity index (χ2n) is 3.23. The van der Waals surface area contributed by atoms with E-state index in [9.17, 15) is 8.42 Å². The molecule has 0 bridgehead atoms. The number of alkyl halides is 1. The fourth-order valence-corrected chi connectivity index (χ4v) is 2.92. The zero-order chi connectivity index (χ0) is 11.6. The van der Waals surface area contributed by atoms with Crippen LogP contribution in [0.1, 0.15) is 10.9 Å². The van der Waals surface area contributed by atoms with Gasteiger partial charge in [0.15, 0.2) is 0 Å². The average Bonchev–Trinajstić information content (AvgIpc) is 2.06. The Labute approximate surface area is 104 Å². The van der Waals surface area contributed by atoms with Gasteiger partial charge in [-0.1, -0.05) is 29.3 Å². The van der Waals surface area contributed by atoms with Crippen molar-refractivity contribution in [2.75, 3.05) is 12.0 Å². The Kier molecular flexibility index (Phi) is 4.29. The molecule has 1 unspecified atom stereocenters. The van der Waals surface area contributed by atoms with Gasteiger partial charge in [-0.2, -0.15) is 0 Å². The van der Waals surface area contributed by atoms with Gasteiger partial charge in [0.05, 0.1) is 21.2 Å². The third kappa shape index (κ3) is 4.19. The maximum Gasteiger partial charge on any atom is 0.149 e. The van der Waals surface area contributed by atoms with Gasteiger partial charge in [-0.15, -0.1) is 11.6 Å². The third-order valence-electron chi connectivity index (χ3n) is 1.75. The van der Waals surface area contributed by atoms with E-state index in [0.29, 0.717) is 15.6 Å². The molecule has 0 aromatic heterocycles. The zero-order valence-electron chi connectivity index (χ0n) is 7.88. The summed E-state index contributed by atoms with van der Waals surface area (Å²) in [7, 11) is -3.10. The Balaban J connectivity index is 2.92. The summed E-state index contributed by atoms with van der Waals surface area (Å²) in [6.07, 6.45) is 1.14. The van der Waals surface area contributed by atoms with Crippen LogP contribution >= 0.6 is 34.8 Å². The highest BCUT2D eigenvalue weighted by Gasteiger charge is 2.15. The summed E-state index contributed by atoms with van der Waals surface area (Å²) >= 11 is 17.4. The highest BCUT2D eigenvalue weighted by molar-refractivity contribution is 7.90. The fraction of sp³-hybridized carbons (Fsp3) is 0.333.